The van der Waals surface area contributed by atoms with Gasteiger partial charge in [0.25, 0.3) is 5.91 Å². The summed E-state index contributed by atoms with van der Waals surface area (Å²) in [5.74, 6) is -0.204. The summed E-state index contributed by atoms with van der Waals surface area (Å²) >= 11 is 0. The Balaban J connectivity index is 1.47. The molecule has 3 amide bonds. The normalized spacial score (nSPS) is 13.2. The Morgan fingerprint density at radius 1 is 1.00 bits per heavy atom. The summed E-state index contributed by atoms with van der Waals surface area (Å²) in [6, 6.07) is 19.3. The van der Waals surface area contributed by atoms with Gasteiger partial charge in [-0.25, -0.2) is 0 Å². The minimum atomic E-state index is -0.531. The first-order valence-corrected chi connectivity index (χ1v) is 12.9. The van der Waals surface area contributed by atoms with Crippen LogP contribution >= 0.6 is 0 Å². The first-order valence-electron chi connectivity index (χ1n) is 12.9. The van der Waals surface area contributed by atoms with Crippen molar-refractivity contribution in [2.75, 3.05) is 18.0 Å². The van der Waals surface area contributed by atoms with Gasteiger partial charge in [0.05, 0.1) is 5.69 Å². The Morgan fingerprint density at radius 2 is 1.72 bits per heavy atom. The molecule has 0 spiro atoms. The molecule has 1 aliphatic heterocycles. The molecule has 0 radical (unpaired) electrons. The van der Waals surface area contributed by atoms with Crippen molar-refractivity contribution in [2.45, 2.75) is 59.0 Å². The number of benzene rings is 3. The molecule has 0 aliphatic carbocycles. The topological polar surface area (TPSA) is 69.7 Å². The fraction of sp³-hybridized carbons (Fsp3) is 0.367. The van der Waals surface area contributed by atoms with Gasteiger partial charge in [-0.2, -0.15) is 0 Å². The van der Waals surface area contributed by atoms with Gasteiger partial charge < -0.3 is 15.1 Å². The van der Waals surface area contributed by atoms with Crippen molar-refractivity contribution in [2.24, 2.45) is 0 Å². The summed E-state index contributed by atoms with van der Waals surface area (Å²) in [5, 5.41) is 4.98. The first-order chi connectivity index (χ1) is 17.4. The molecule has 3 aromatic rings. The van der Waals surface area contributed by atoms with Gasteiger partial charge in [0, 0.05) is 37.0 Å². The minimum absolute atomic E-state index is 0.0175. The predicted molar refractivity (Wildman–Crippen MR) is 144 cm³/mol. The van der Waals surface area contributed by atoms with Crippen LogP contribution in [0, 0.1) is 6.92 Å². The second-order valence-corrected chi connectivity index (χ2v) is 9.46. The van der Waals surface area contributed by atoms with E-state index in [1.807, 2.05) is 81.4 Å². The maximum absolute atomic E-state index is 13.5. The van der Waals surface area contributed by atoms with E-state index in [2.05, 4.69) is 5.32 Å². The summed E-state index contributed by atoms with van der Waals surface area (Å²) in [6.07, 6.45) is 2.16. The third-order valence-corrected chi connectivity index (χ3v) is 6.83. The van der Waals surface area contributed by atoms with Crippen LogP contribution in [-0.4, -0.2) is 41.8 Å². The van der Waals surface area contributed by atoms with E-state index in [1.54, 1.807) is 9.80 Å². The molecule has 3 aromatic carbocycles. The van der Waals surface area contributed by atoms with Crippen LogP contribution in [0.3, 0.4) is 0 Å². The predicted octanol–water partition coefficient (Wildman–Crippen LogP) is 5.22. The van der Waals surface area contributed by atoms with Crippen LogP contribution < -0.4 is 10.2 Å². The van der Waals surface area contributed by atoms with Crippen molar-refractivity contribution in [3.8, 4) is 0 Å². The molecule has 0 saturated heterocycles. The highest BCUT2D eigenvalue weighted by atomic mass is 16.2. The van der Waals surface area contributed by atoms with E-state index in [1.165, 1.54) is 0 Å². The molecule has 4 rings (SSSR count). The lowest BCUT2D eigenvalue weighted by atomic mass is 10.1. The zero-order chi connectivity index (χ0) is 25.7. The standard InChI is InChI=1S/C30H35N3O3/c1-4-18-31-29(35)25(5-2)33(20-22-16-14-21(3)15-17-22)27(34)13-8-19-32-26-12-7-10-23-9-6-11-24(28(23)26)30(32)36/h6-7,9-12,14-17,25H,4-5,8,13,18-20H2,1-3H3,(H,31,35)/t25-/m1/s1. The lowest BCUT2D eigenvalue weighted by molar-refractivity contribution is -0.141. The van der Waals surface area contributed by atoms with Crippen LogP contribution in [0.4, 0.5) is 5.69 Å². The third kappa shape index (κ3) is 5.27. The highest BCUT2D eigenvalue weighted by molar-refractivity contribution is 6.25. The minimum Gasteiger partial charge on any atom is -0.354 e. The van der Waals surface area contributed by atoms with E-state index in [4.69, 9.17) is 0 Å². The number of hydrogen-bond donors (Lipinski definition) is 1. The molecule has 1 N–H and O–H groups in total. The van der Waals surface area contributed by atoms with Gasteiger partial charge in [0.1, 0.15) is 6.04 Å². The Hall–Kier alpha value is -3.67. The zero-order valence-corrected chi connectivity index (χ0v) is 21.4. The molecule has 1 aliphatic rings. The molecule has 188 valence electrons. The summed E-state index contributed by atoms with van der Waals surface area (Å²) in [7, 11) is 0. The quantitative estimate of drug-likeness (QED) is 0.405. The Kier molecular flexibility index (Phi) is 8.04. The van der Waals surface area contributed by atoms with Crippen molar-refractivity contribution in [3.05, 3.63) is 77.4 Å². The van der Waals surface area contributed by atoms with E-state index in [9.17, 15) is 14.4 Å². The highest BCUT2D eigenvalue weighted by Gasteiger charge is 2.31. The lowest BCUT2D eigenvalue weighted by Gasteiger charge is -2.31. The summed E-state index contributed by atoms with van der Waals surface area (Å²) in [6.45, 7) is 7.39. The van der Waals surface area contributed by atoms with Gasteiger partial charge in [-0.05, 0) is 49.3 Å². The summed E-state index contributed by atoms with van der Waals surface area (Å²) < 4.78 is 0. The van der Waals surface area contributed by atoms with E-state index in [0.717, 1.165) is 34.0 Å². The van der Waals surface area contributed by atoms with Crippen LogP contribution in [0.1, 0.15) is 61.0 Å². The molecule has 6 heteroatoms. The Labute approximate surface area is 213 Å². The van der Waals surface area contributed by atoms with Crippen LogP contribution in [0.25, 0.3) is 10.8 Å². The van der Waals surface area contributed by atoms with Crippen molar-refractivity contribution in [1.29, 1.82) is 0 Å². The van der Waals surface area contributed by atoms with Gasteiger partial charge in [-0.1, -0.05) is 67.9 Å². The number of nitrogens with one attached hydrogen (secondary N) is 1. The molecule has 6 nitrogen and oxygen atoms in total. The highest BCUT2D eigenvalue weighted by Crippen LogP contribution is 2.37. The lowest BCUT2D eigenvalue weighted by Crippen LogP contribution is -2.49. The molecule has 0 fully saturated rings. The van der Waals surface area contributed by atoms with Gasteiger partial charge in [0.2, 0.25) is 11.8 Å². The molecule has 0 aromatic heterocycles. The van der Waals surface area contributed by atoms with Gasteiger partial charge >= 0.3 is 0 Å². The largest absolute Gasteiger partial charge is 0.354 e. The zero-order valence-electron chi connectivity index (χ0n) is 21.4. The number of hydrogen-bond acceptors (Lipinski definition) is 3. The maximum atomic E-state index is 13.5. The monoisotopic (exact) mass is 485 g/mol. The Morgan fingerprint density at radius 3 is 2.42 bits per heavy atom. The van der Waals surface area contributed by atoms with Crippen molar-refractivity contribution in [1.82, 2.24) is 10.2 Å². The van der Waals surface area contributed by atoms with Crippen molar-refractivity contribution >= 4 is 34.2 Å². The second-order valence-electron chi connectivity index (χ2n) is 9.46. The molecule has 0 unspecified atom stereocenters. The summed E-state index contributed by atoms with van der Waals surface area (Å²) in [5.41, 5.74) is 3.76. The number of anilines is 1. The van der Waals surface area contributed by atoms with Gasteiger partial charge in [-0.3, -0.25) is 14.4 Å². The average Bonchev–Trinajstić information content (AvgIpc) is 3.16. The number of aryl methyl sites for hydroxylation is 1. The van der Waals surface area contributed by atoms with E-state index in [-0.39, 0.29) is 24.1 Å². The SMILES string of the molecule is CCCNC(=O)[C@@H](CC)N(Cc1ccc(C)cc1)C(=O)CCCN1C(=O)c2cccc3cccc1c23. The maximum Gasteiger partial charge on any atom is 0.258 e. The molecule has 0 saturated carbocycles. The average molecular weight is 486 g/mol. The molecule has 36 heavy (non-hydrogen) atoms. The van der Waals surface area contributed by atoms with E-state index < -0.39 is 6.04 Å². The fourth-order valence-electron chi connectivity index (χ4n) is 4.91. The van der Waals surface area contributed by atoms with E-state index in [0.29, 0.717) is 38.0 Å². The van der Waals surface area contributed by atoms with Gasteiger partial charge in [0.15, 0.2) is 0 Å². The van der Waals surface area contributed by atoms with Crippen LogP contribution in [0.5, 0.6) is 0 Å². The molecule has 1 atom stereocenters. The number of amides is 3. The molecular weight excluding hydrogens is 450 g/mol. The fourth-order valence-corrected chi connectivity index (χ4v) is 4.91. The number of carbonyl (C=O) groups is 3. The van der Waals surface area contributed by atoms with Crippen LogP contribution in [0.15, 0.2) is 60.7 Å². The number of nitrogens with zero attached hydrogens (tertiary/aromatic N) is 2. The number of rotatable bonds is 11. The third-order valence-electron chi connectivity index (χ3n) is 6.83. The first kappa shape index (κ1) is 25.4. The second kappa shape index (κ2) is 11.4. The molecule has 1 heterocycles. The van der Waals surface area contributed by atoms with Crippen molar-refractivity contribution < 1.29 is 14.4 Å². The smallest absolute Gasteiger partial charge is 0.258 e. The number of carbonyl (C=O) groups excluding carboxylic acids is 3. The van der Waals surface area contributed by atoms with E-state index >= 15 is 0 Å². The molecule has 0 bridgehead atoms. The van der Waals surface area contributed by atoms with Crippen LogP contribution in [-0.2, 0) is 16.1 Å². The van der Waals surface area contributed by atoms with Crippen molar-refractivity contribution in [3.63, 3.8) is 0 Å². The molecular formula is C30H35N3O3. The summed E-state index contributed by atoms with van der Waals surface area (Å²) in [4.78, 5) is 43.0. The van der Waals surface area contributed by atoms with Crippen LogP contribution in [0.2, 0.25) is 0 Å². The van der Waals surface area contributed by atoms with Gasteiger partial charge in [-0.15, -0.1) is 0 Å². The Bertz CT molecular complexity index is 1250.